The highest BCUT2D eigenvalue weighted by Crippen LogP contribution is 2.19. The van der Waals surface area contributed by atoms with Gasteiger partial charge in [-0.3, -0.25) is 19.1 Å². The molecule has 1 aliphatic rings. The molecule has 0 saturated carbocycles. The van der Waals surface area contributed by atoms with E-state index in [1.807, 2.05) is 0 Å². The Labute approximate surface area is 150 Å². The Morgan fingerprint density at radius 3 is 2.65 bits per heavy atom. The fourth-order valence-electron chi connectivity index (χ4n) is 2.65. The third-order valence-corrected chi connectivity index (χ3v) is 4.06. The monoisotopic (exact) mass is 367 g/mol. The van der Waals surface area contributed by atoms with Crippen molar-refractivity contribution in [2.45, 2.75) is 44.4 Å². The molecule has 0 saturated heterocycles. The molecular formula is C17H25N3O6. The van der Waals surface area contributed by atoms with Gasteiger partial charge in [0.05, 0.1) is 13.0 Å². The minimum atomic E-state index is -0.732. The maximum absolute atomic E-state index is 12.0. The first-order chi connectivity index (χ1) is 12.5. The van der Waals surface area contributed by atoms with Gasteiger partial charge in [-0.25, -0.2) is 4.79 Å². The van der Waals surface area contributed by atoms with Crippen molar-refractivity contribution in [1.82, 2.24) is 14.9 Å². The number of carbonyl (C=O) groups excluding carboxylic acids is 1. The van der Waals surface area contributed by atoms with Gasteiger partial charge in [-0.15, -0.1) is 0 Å². The van der Waals surface area contributed by atoms with Crippen molar-refractivity contribution in [3.05, 3.63) is 44.8 Å². The molecule has 144 valence electrons. The smallest absolute Gasteiger partial charge is 0.330 e. The van der Waals surface area contributed by atoms with Crippen LogP contribution < -0.4 is 16.6 Å². The second-order valence-corrected chi connectivity index (χ2v) is 6.12. The van der Waals surface area contributed by atoms with Crippen LogP contribution in [0, 0.1) is 0 Å². The molecule has 0 fully saturated rings. The van der Waals surface area contributed by atoms with Crippen LogP contribution >= 0.6 is 0 Å². The van der Waals surface area contributed by atoms with Crippen molar-refractivity contribution >= 4 is 5.91 Å². The molecule has 2 rings (SSSR count). The van der Waals surface area contributed by atoms with Crippen molar-refractivity contribution in [2.75, 3.05) is 19.8 Å². The van der Waals surface area contributed by atoms with Crippen LogP contribution in [0.25, 0.3) is 0 Å². The number of aromatic nitrogens is 2. The first kappa shape index (κ1) is 20.1. The molecular weight excluding hydrogens is 342 g/mol. The second kappa shape index (κ2) is 10.0. The van der Waals surface area contributed by atoms with E-state index in [4.69, 9.17) is 14.9 Å². The van der Waals surface area contributed by atoms with E-state index >= 15 is 0 Å². The van der Waals surface area contributed by atoms with Crippen LogP contribution in [-0.4, -0.2) is 51.5 Å². The van der Waals surface area contributed by atoms with E-state index in [0.717, 1.165) is 25.7 Å². The molecule has 0 radical (unpaired) electrons. The van der Waals surface area contributed by atoms with E-state index in [9.17, 15) is 14.4 Å². The number of nitrogens with one attached hydrogen (secondary N) is 2. The summed E-state index contributed by atoms with van der Waals surface area (Å²) in [5.74, 6) is -0.307. The van der Waals surface area contributed by atoms with Crippen molar-refractivity contribution < 1.29 is 19.7 Å². The zero-order valence-electron chi connectivity index (χ0n) is 14.5. The zero-order chi connectivity index (χ0) is 18.9. The number of amides is 1. The molecule has 9 heteroatoms. The summed E-state index contributed by atoms with van der Waals surface area (Å²) >= 11 is 0. The summed E-state index contributed by atoms with van der Waals surface area (Å²) in [4.78, 5) is 38.1. The summed E-state index contributed by atoms with van der Waals surface area (Å²) in [5, 5.41) is 20.5. The average molecular weight is 367 g/mol. The van der Waals surface area contributed by atoms with Gasteiger partial charge < -0.3 is 20.3 Å². The number of hydrogen-bond acceptors (Lipinski definition) is 6. The van der Waals surface area contributed by atoms with Gasteiger partial charge in [0, 0.05) is 24.9 Å². The zero-order valence-corrected chi connectivity index (χ0v) is 14.5. The van der Waals surface area contributed by atoms with Gasteiger partial charge >= 0.3 is 5.69 Å². The van der Waals surface area contributed by atoms with E-state index in [2.05, 4.69) is 10.3 Å². The van der Waals surface area contributed by atoms with E-state index in [1.54, 1.807) is 12.2 Å². The van der Waals surface area contributed by atoms with Gasteiger partial charge in [-0.05, 0) is 18.9 Å². The lowest BCUT2D eigenvalue weighted by molar-refractivity contribution is -0.120. The van der Waals surface area contributed by atoms with Crippen molar-refractivity contribution in [1.29, 1.82) is 0 Å². The highest BCUT2D eigenvalue weighted by molar-refractivity contribution is 5.78. The summed E-state index contributed by atoms with van der Waals surface area (Å²) in [6.07, 6.45) is 6.53. The van der Waals surface area contributed by atoms with Crippen LogP contribution in [0.1, 0.15) is 37.5 Å². The fourth-order valence-corrected chi connectivity index (χ4v) is 2.65. The Balaban J connectivity index is 1.94. The second-order valence-electron chi connectivity index (χ2n) is 6.12. The van der Waals surface area contributed by atoms with Crippen LogP contribution in [-0.2, 0) is 16.0 Å². The lowest BCUT2D eigenvalue weighted by Gasteiger charge is -2.15. The maximum Gasteiger partial charge on any atom is 0.330 e. The van der Waals surface area contributed by atoms with E-state index in [1.165, 1.54) is 10.8 Å². The van der Waals surface area contributed by atoms with Gasteiger partial charge in [0.25, 0.3) is 5.56 Å². The first-order valence-corrected chi connectivity index (χ1v) is 8.71. The normalized spacial score (nSPS) is 19.0. The maximum atomic E-state index is 12.0. The number of ether oxygens (including phenoxy) is 1. The minimum absolute atomic E-state index is 0.147. The van der Waals surface area contributed by atoms with Gasteiger partial charge in [0.15, 0.2) is 6.23 Å². The van der Waals surface area contributed by atoms with E-state index in [0.29, 0.717) is 6.54 Å². The molecule has 9 nitrogen and oxygen atoms in total. The molecule has 2 heterocycles. The Bertz CT molecular complexity index is 739. The van der Waals surface area contributed by atoms with Crippen LogP contribution in [0.3, 0.4) is 0 Å². The van der Waals surface area contributed by atoms with Crippen LogP contribution in [0.4, 0.5) is 0 Å². The number of rotatable bonds is 10. The topological polar surface area (TPSA) is 134 Å². The SMILES string of the molecule is O=C(Cc1cn([C@H]2C=C[C@@H](CO)O2)c(=O)[nH]c1=O)NCCCCCCO. The third kappa shape index (κ3) is 5.65. The predicted molar refractivity (Wildman–Crippen MR) is 93.7 cm³/mol. The van der Waals surface area contributed by atoms with Gasteiger partial charge in [0.2, 0.25) is 5.91 Å². The van der Waals surface area contributed by atoms with Crippen molar-refractivity contribution in [2.24, 2.45) is 0 Å². The Morgan fingerprint density at radius 2 is 1.96 bits per heavy atom. The van der Waals surface area contributed by atoms with Crippen molar-refractivity contribution in [3.63, 3.8) is 0 Å². The summed E-state index contributed by atoms with van der Waals surface area (Å²) in [5.41, 5.74) is -1.09. The van der Waals surface area contributed by atoms with Gasteiger partial charge in [-0.1, -0.05) is 18.9 Å². The Morgan fingerprint density at radius 1 is 1.19 bits per heavy atom. The number of hydrogen-bond donors (Lipinski definition) is 4. The Kier molecular flexibility index (Phi) is 7.76. The largest absolute Gasteiger partial charge is 0.396 e. The first-order valence-electron chi connectivity index (χ1n) is 8.71. The number of unbranched alkanes of at least 4 members (excludes halogenated alkanes) is 3. The standard InChI is InChI=1S/C17H25N3O6/c21-8-4-2-1-3-7-18-14(23)9-12-10-20(17(25)19-16(12)24)15-6-5-13(11-22)26-15/h5-6,10,13,15,21-22H,1-4,7-9,11H2,(H,18,23)(H,19,24,25)/t13-,15+/m0/s1. The third-order valence-electron chi connectivity index (χ3n) is 4.06. The number of carbonyl (C=O) groups is 1. The summed E-state index contributed by atoms with van der Waals surface area (Å²) in [6.45, 7) is 0.455. The fraction of sp³-hybridized carbons (Fsp3) is 0.588. The quantitative estimate of drug-likeness (QED) is 0.316. The molecule has 0 spiro atoms. The molecule has 4 N–H and O–H groups in total. The molecule has 0 aromatic carbocycles. The molecule has 1 aromatic heterocycles. The molecule has 1 amide bonds. The van der Waals surface area contributed by atoms with Crippen LogP contribution in [0.2, 0.25) is 0 Å². The van der Waals surface area contributed by atoms with Crippen LogP contribution in [0.5, 0.6) is 0 Å². The number of aliphatic hydroxyl groups excluding tert-OH is 2. The predicted octanol–water partition coefficient (Wildman–Crippen LogP) is -0.806. The molecule has 0 aliphatic carbocycles. The van der Waals surface area contributed by atoms with Crippen molar-refractivity contribution in [3.8, 4) is 0 Å². The molecule has 1 aromatic rings. The molecule has 0 unspecified atom stereocenters. The van der Waals surface area contributed by atoms with Crippen LogP contribution in [0.15, 0.2) is 27.9 Å². The van der Waals surface area contributed by atoms with E-state index < -0.39 is 23.6 Å². The molecule has 0 bridgehead atoms. The van der Waals surface area contributed by atoms with Gasteiger partial charge in [-0.2, -0.15) is 0 Å². The lowest BCUT2D eigenvalue weighted by atomic mass is 10.2. The molecule has 26 heavy (non-hydrogen) atoms. The summed E-state index contributed by atoms with van der Waals surface area (Å²) < 4.78 is 6.64. The highest BCUT2D eigenvalue weighted by Gasteiger charge is 2.22. The number of aromatic amines is 1. The lowest BCUT2D eigenvalue weighted by Crippen LogP contribution is -2.36. The van der Waals surface area contributed by atoms with Gasteiger partial charge in [0.1, 0.15) is 6.10 Å². The minimum Gasteiger partial charge on any atom is -0.396 e. The van der Waals surface area contributed by atoms with E-state index in [-0.39, 0.29) is 31.1 Å². The number of aliphatic hydroxyl groups is 2. The molecule has 2 atom stereocenters. The molecule has 1 aliphatic heterocycles. The Hall–Kier alpha value is -2.23. The summed E-state index contributed by atoms with van der Waals surface area (Å²) in [7, 11) is 0. The number of H-pyrrole nitrogens is 1. The number of nitrogens with zero attached hydrogens (tertiary/aromatic N) is 1. The highest BCUT2D eigenvalue weighted by atomic mass is 16.5. The average Bonchev–Trinajstić information content (AvgIpc) is 3.09. The summed E-state index contributed by atoms with van der Waals surface area (Å²) in [6, 6.07) is 0.